The van der Waals surface area contributed by atoms with Crippen LogP contribution in [0.1, 0.15) is 49.8 Å². The topological polar surface area (TPSA) is 55.1 Å². The third kappa shape index (κ3) is 2.34. The first kappa shape index (κ1) is 12.5. The third-order valence-electron chi connectivity index (χ3n) is 4.76. The van der Waals surface area contributed by atoms with Crippen LogP contribution in [0.15, 0.2) is 18.2 Å². The van der Waals surface area contributed by atoms with Crippen molar-refractivity contribution in [3.8, 4) is 0 Å². The zero-order valence-corrected chi connectivity index (χ0v) is 11.5. The molecule has 3 atom stereocenters. The summed E-state index contributed by atoms with van der Waals surface area (Å²) in [5.74, 6) is 1.00. The van der Waals surface area contributed by atoms with E-state index in [9.17, 15) is 4.79 Å². The van der Waals surface area contributed by atoms with Gasteiger partial charge in [0.05, 0.1) is 6.04 Å². The van der Waals surface area contributed by atoms with Gasteiger partial charge in [0, 0.05) is 11.6 Å². The van der Waals surface area contributed by atoms with Crippen LogP contribution in [0.25, 0.3) is 0 Å². The molecule has 2 aliphatic carbocycles. The van der Waals surface area contributed by atoms with Gasteiger partial charge in [0.2, 0.25) is 5.91 Å². The summed E-state index contributed by atoms with van der Waals surface area (Å²) in [7, 11) is 0. The van der Waals surface area contributed by atoms with Crippen LogP contribution in [-0.4, -0.2) is 5.91 Å². The zero-order valence-electron chi connectivity index (χ0n) is 11.5. The fourth-order valence-corrected chi connectivity index (χ4v) is 3.60. The average Bonchev–Trinajstić information content (AvgIpc) is 2.96. The van der Waals surface area contributed by atoms with Crippen LogP contribution >= 0.6 is 0 Å². The lowest BCUT2D eigenvalue weighted by atomic mass is 9.96. The number of aryl methyl sites for hydroxylation is 1. The minimum atomic E-state index is 0.191. The van der Waals surface area contributed by atoms with Gasteiger partial charge in [0.1, 0.15) is 0 Å². The molecule has 3 rings (SSSR count). The van der Waals surface area contributed by atoms with Crippen molar-refractivity contribution >= 4 is 11.6 Å². The maximum absolute atomic E-state index is 12.4. The third-order valence-corrected chi connectivity index (χ3v) is 4.76. The van der Waals surface area contributed by atoms with Gasteiger partial charge in [-0.15, -0.1) is 0 Å². The maximum Gasteiger partial charge on any atom is 0.223 e. The monoisotopic (exact) mass is 258 g/mol. The summed E-state index contributed by atoms with van der Waals surface area (Å²) in [5, 5.41) is 3.25. The van der Waals surface area contributed by atoms with Crippen LogP contribution in [0.2, 0.25) is 0 Å². The molecule has 102 valence electrons. The van der Waals surface area contributed by atoms with Crippen LogP contribution in [-0.2, 0) is 11.2 Å². The smallest absolute Gasteiger partial charge is 0.223 e. The van der Waals surface area contributed by atoms with Crippen molar-refractivity contribution in [1.29, 1.82) is 0 Å². The van der Waals surface area contributed by atoms with Crippen LogP contribution in [0.3, 0.4) is 0 Å². The molecule has 0 bridgehead atoms. The van der Waals surface area contributed by atoms with Gasteiger partial charge >= 0.3 is 0 Å². The molecule has 2 aliphatic rings. The van der Waals surface area contributed by atoms with Crippen LogP contribution in [0.4, 0.5) is 5.69 Å². The number of hydrogen-bond acceptors (Lipinski definition) is 2. The summed E-state index contributed by atoms with van der Waals surface area (Å²) >= 11 is 0. The minimum absolute atomic E-state index is 0.191. The van der Waals surface area contributed by atoms with Crippen molar-refractivity contribution in [3.63, 3.8) is 0 Å². The molecule has 0 spiro atoms. The highest BCUT2D eigenvalue weighted by Crippen LogP contribution is 2.35. The van der Waals surface area contributed by atoms with E-state index in [1.54, 1.807) is 0 Å². The van der Waals surface area contributed by atoms with E-state index >= 15 is 0 Å². The highest BCUT2D eigenvalue weighted by atomic mass is 16.2. The van der Waals surface area contributed by atoms with E-state index in [1.165, 1.54) is 24.0 Å². The number of rotatable bonds is 2. The van der Waals surface area contributed by atoms with Crippen molar-refractivity contribution in [2.24, 2.45) is 11.8 Å². The predicted molar refractivity (Wildman–Crippen MR) is 76.6 cm³/mol. The predicted octanol–water partition coefficient (Wildman–Crippen LogP) is 2.81. The standard InChI is InChI=1S/C16H22N2O/c1-10-3-2-4-13(10)16(19)18-15-8-5-11-9-12(17)6-7-14(11)15/h6-7,9-10,13,15H,2-5,8,17H2,1H3,(H,18,19). The van der Waals surface area contributed by atoms with Gasteiger partial charge in [-0.3, -0.25) is 4.79 Å². The molecule has 0 aromatic heterocycles. The number of carbonyl (C=O) groups excluding carboxylic acids is 1. The quantitative estimate of drug-likeness (QED) is 0.801. The fourth-order valence-electron chi connectivity index (χ4n) is 3.60. The number of anilines is 1. The molecular weight excluding hydrogens is 236 g/mol. The Kier molecular flexibility index (Phi) is 3.21. The van der Waals surface area contributed by atoms with Gasteiger partial charge in [-0.1, -0.05) is 19.4 Å². The maximum atomic E-state index is 12.4. The molecule has 0 radical (unpaired) electrons. The highest BCUT2D eigenvalue weighted by Gasteiger charge is 2.32. The Balaban J connectivity index is 1.71. The summed E-state index contributed by atoms with van der Waals surface area (Å²) in [4.78, 5) is 12.4. The van der Waals surface area contributed by atoms with E-state index in [4.69, 9.17) is 5.73 Å². The van der Waals surface area contributed by atoms with Crippen LogP contribution in [0, 0.1) is 11.8 Å². The summed E-state index contributed by atoms with van der Waals surface area (Å²) in [6.45, 7) is 2.19. The fraction of sp³-hybridized carbons (Fsp3) is 0.562. The van der Waals surface area contributed by atoms with E-state index in [0.29, 0.717) is 5.92 Å². The van der Waals surface area contributed by atoms with Crippen molar-refractivity contribution in [1.82, 2.24) is 5.32 Å². The Morgan fingerprint density at radius 1 is 1.32 bits per heavy atom. The average molecular weight is 258 g/mol. The Hall–Kier alpha value is -1.51. The first-order valence-corrected chi connectivity index (χ1v) is 7.34. The summed E-state index contributed by atoms with van der Waals surface area (Å²) in [5.41, 5.74) is 9.18. The van der Waals surface area contributed by atoms with Gasteiger partial charge in [-0.2, -0.15) is 0 Å². The molecule has 1 amide bonds. The van der Waals surface area contributed by atoms with E-state index in [0.717, 1.165) is 24.9 Å². The minimum Gasteiger partial charge on any atom is -0.399 e. The van der Waals surface area contributed by atoms with Gasteiger partial charge < -0.3 is 11.1 Å². The van der Waals surface area contributed by atoms with Gasteiger partial charge in [-0.05, 0) is 54.9 Å². The van der Waals surface area contributed by atoms with E-state index in [-0.39, 0.29) is 17.9 Å². The largest absolute Gasteiger partial charge is 0.399 e. The van der Waals surface area contributed by atoms with Gasteiger partial charge in [-0.25, -0.2) is 0 Å². The number of nitrogen functional groups attached to an aromatic ring is 1. The van der Waals surface area contributed by atoms with Crippen LogP contribution in [0.5, 0.6) is 0 Å². The second-order valence-corrected chi connectivity index (χ2v) is 6.07. The summed E-state index contributed by atoms with van der Waals surface area (Å²) in [6, 6.07) is 6.23. The van der Waals surface area contributed by atoms with Crippen molar-refractivity contribution in [3.05, 3.63) is 29.3 Å². The number of fused-ring (bicyclic) bond motifs is 1. The molecule has 0 aliphatic heterocycles. The molecule has 3 heteroatoms. The number of nitrogens with one attached hydrogen (secondary N) is 1. The van der Waals surface area contributed by atoms with E-state index in [2.05, 4.69) is 18.3 Å². The van der Waals surface area contributed by atoms with E-state index in [1.807, 2.05) is 12.1 Å². The highest BCUT2D eigenvalue weighted by molar-refractivity contribution is 5.80. The first-order valence-electron chi connectivity index (χ1n) is 7.34. The molecule has 3 nitrogen and oxygen atoms in total. The second-order valence-electron chi connectivity index (χ2n) is 6.07. The molecule has 0 heterocycles. The lowest BCUT2D eigenvalue weighted by molar-refractivity contribution is -0.126. The lowest BCUT2D eigenvalue weighted by Crippen LogP contribution is -2.34. The Morgan fingerprint density at radius 2 is 2.16 bits per heavy atom. The Labute approximate surface area is 114 Å². The van der Waals surface area contributed by atoms with Crippen molar-refractivity contribution < 1.29 is 4.79 Å². The van der Waals surface area contributed by atoms with Crippen molar-refractivity contribution in [2.45, 2.75) is 45.1 Å². The number of nitrogens with two attached hydrogens (primary N) is 1. The molecule has 1 aromatic rings. The number of carbonyl (C=O) groups is 1. The number of benzene rings is 1. The van der Waals surface area contributed by atoms with Gasteiger partial charge in [0.15, 0.2) is 0 Å². The van der Waals surface area contributed by atoms with Crippen LogP contribution < -0.4 is 11.1 Å². The molecule has 1 aromatic carbocycles. The number of hydrogen-bond donors (Lipinski definition) is 2. The SMILES string of the molecule is CC1CCCC1C(=O)NC1CCc2cc(N)ccc21. The Bertz CT molecular complexity index is 498. The molecule has 3 N–H and O–H groups in total. The summed E-state index contributed by atoms with van der Waals surface area (Å²) < 4.78 is 0. The van der Waals surface area contributed by atoms with E-state index < -0.39 is 0 Å². The number of amides is 1. The molecule has 1 fully saturated rings. The molecule has 3 unspecified atom stereocenters. The first-order chi connectivity index (χ1) is 9.15. The Morgan fingerprint density at radius 3 is 2.89 bits per heavy atom. The normalized spacial score (nSPS) is 29.2. The molecule has 1 saturated carbocycles. The summed E-state index contributed by atoms with van der Waals surface area (Å²) in [6.07, 6.45) is 5.46. The molecule has 0 saturated heterocycles. The second kappa shape index (κ2) is 4.87. The van der Waals surface area contributed by atoms with Crippen molar-refractivity contribution in [2.75, 3.05) is 5.73 Å². The molecule has 19 heavy (non-hydrogen) atoms. The van der Waals surface area contributed by atoms with Gasteiger partial charge in [0.25, 0.3) is 0 Å². The lowest BCUT2D eigenvalue weighted by Gasteiger charge is -2.20. The zero-order chi connectivity index (χ0) is 13.4. The molecular formula is C16H22N2O.